The second-order valence-corrected chi connectivity index (χ2v) is 12.7. The van der Waals surface area contributed by atoms with E-state index >= 15 is 0 Å². The molecule has 3 unspecified atom stereocenters. The Kier molecular flexibility index (Phi) is 15.6. The summed E-state index contributed by atoms with van der Waals surface area (Å²) in [6.07, 6.45) is 26.0. The van der Waals surface area contributed by atoms with E-state index in [0.717, 1.165) is 110 Å². The summed E-state index contributed by atoms with van der Waals surface area (Å²) in [5, 5.41) is 0. The lowest BCUT2D eigenvalue weighted by Crippen LogP contribution is -2.31. The molecule has 42 heavy (non-hydrogen) atoms. The molecule has 3 saturated heterocycles. The molecular formula is C35H58O7. The maximum absolute atomic E-state index is 11.5. The molecule has 7 nitrogen and oxygen atoms in total. The number of carbonyl (C=O) groups excluding carboxylic acids is 1. The molecule has 4 rings (SSSR count). The van der Waals surface area contributed by atoms with Crippen molar-refractivity contribution < 1.29 is 33.2 Å². The van der Waals surface area contributed by atoms with Crippen LogP contribution in [0.3, 0.4) is 0 Å². The highest BCUT2D eigenvalue weighted by molar-refractivity contribution is 5.75. The van der Waals surface area contributed by atoms with E-state index in [1.54, 1.807) is 6.92 Å². The molecule has 0 radical (unpaired) electrons. The third-order valence-electron chi connectivity index (χ3n) is 9.14. The molecule has 0 bridgehead atoms. The standard InChI is InChI=1S/C35H58O7/c1-3-4-6-16-28(40-33-18-9-12-23-37-33)21-22-30-29(17-8-5-7-15-27(2)36)31(41-34-19-10-13-24-38-34)26-32(30)42-35-20-11-14-25-39-35/h5,8,21-22,28-35H,3-4,6-7,9-20,23-26H2,1-2H3/b8-5-,22-21+/t28?,29-,30-,31+,32-,33+,34?,35?/m1/s1. The topological polar surface area (TPSA) is 72.5 Å². The van der Waals surface area contributed by atoms with E-state index in [0.29, 0.717) is 6.42 Å². The molecule has 0 N–H and O–H groups in total. The zero-order valence-electron chi connectivity index (χ0n) is 26.4. The van der Waals surface area contributed by atoms with E-state index in [1.807, 2.05) is 0 Å². The molecule has 240 valence electrons. The van der Waals surface area contributed by atoms with Crippen molar-refractivity contribution in [3.8, 4) is 0 Å². The van der Waals surface area contributed by atoms with Gasteiger partial charge in [0.25, 0.3) is 0 Å². The Hall–Kier alpha value is -1.09. The van der Waals surface area contributed by atoms with Crippen LogP contribution >= 0.6 is 0 Å². The first-order chi connectivity index (χ1) is 20.6. The molecule has 0 aromatic heterocycles. The van der Waals surface area contributed by atoms with E-state index in [-0.39, 0.29) is 54.8 Å². The van der Waals surface area contributed by atoms with Crippen LogP contribution in [0.15, 0.2) is 24.3 Å². The minimum Gasteiger partial charge on any atom is -0.353 e. The second kappa shape index (κ2) is 19.3. The normalized spacial score (nSPS) is 33.4. The van der Waals surface area contributed by atoms with Gasteiger partial charge in [-0.25, -0.2) is 0 Å². The zero-order valence-corrected chi connectivity index (χ0v) is 26.4. The lowest BCUT2D eigenvalue weighted by atomic mass is 9.89. The highest BCUT2D eigenvalue weighted by atomic mass is 16.7. The Morgan fingerprint density at radius 1 is 0.833 bits per heavy atom. The van der Waals surface area contributed by atoms with Crippen molar-refractivity contribution in [2.75, 3.05) is 19.8 Å². The summed E-state index contributed by atoms with van der Waals surface area (Å²) >= 11 is 0. The van der Waals surface area contributed by atoms with E-state index in [1.165, 1.54) is 12.8 Å². The monoisotopic (exact) mass is 590 g/mol. The first kappa shape index (κ1) is 33.8. The van der Waals surface area contributed by atoms with Gasteiger partial charge in [-0.3, -0.25) is 0 Å². The van der Waals surface area contributed by atoms with Gasteiger partial charge < -0.3 is 33.2 Å². The van der Waals surface area contributed by atoms with Crippen LogP contribution in [0.5, 0.6) is 0 Å². The quantitative estimate of drug-likeness (QED) is 0.126. The summed E-state index contributed by atoms with van der Waals surface area (Å²) in [6.45, 7) is 6.23. The number of hydrogen-bond acceptors (Lipinski definition) is 7. The van der Waals surface area contributed by atoms with Gasteiger partial charge in [0.1, 0.15) is 5.78 Å². The molecule has 8 atom stereocenters. The molecule has 7 heteroatoms. The maximum atomic E-state index is 11.5. The van der Waals surface area contributed by atoms with Gasteiger partial charge in [-0.2, -0.15) is 0 Å². The molecule has 1 aliphatic carbocycles. The summed E-state index contributed by atoms with van der Waals surface area (Å²) in [5.74, 6) is 0.649. The molecule has 1 saturated carbocycles. The van der Waals surface area contributed by atoms with Crippen LogP contribution in [0.25, 0.3) is 0 Å². The molecule has 0 amide bonds. The van der Waals surface area contributed by atoms with Crippen molar-refractivity contribution in [2.45, 2.75) is 160 Å². The van der Waals surface area contributed by atoms with Crippen LogP contribution in [0.4, 0.5) is 0 Å². The molecule has 0 aromatic rings. The molecule has 4 aliphatic rings. The smallest absolute Gasteiger partial charge is 0.158 e. The predicted octanol–water partition coefficient (Wildman–Crippen LogP) is 7.81. The van der Waals surface area contributed by atoms with Crippen molar-refractivity contribution >= 4 is 5.78 Å². The number of allylic oxidation sites excluding steroid dienone is 2. The van der Waals surface area contributed by atoms with Gasteiger partial charge in [-0.15, -0.1) is 0 Å². The molecule has 4 fully saturated rings. The fourth-order valence-corrected chi connectivity index (χ4v) is 6.72. The molecule has 3 heterocycles. The molecule has 0 aromatic carbocycles. The summed E-state index contributed by atoms with van der Waals surface area (Å²) in [7, 11) is 0. The number of unbranched alkanes of at least 4 members (excludes halogenated alkanes) is 2. The number of carbonyl (C=O) groups is 1. The maximum Gasteiger partial charge on any atom is 0.158 e. The number of rotatable bonds is 17. The van der Waals surface area contributed by atoms with Crippen LogP contribution in [0.2, 0.25) is 0 Å². The third-order valence-corrected chi connectivity index (χ3v) is 9.14. The van der Waals surface area contributed by atoms with Gasteiger partial charge in [-0.05, 0) is 89.9 Å². The van der Waals surface area contributed by atoms with Crippen molar-refractivity contribution in [1.82, 2.24) is 0 Å². The minimum atomic E-state index is -0.150. The van der Waals surface area contributed by atoms with Crippen LogP contribution in [-0.4, -0.2) is 62.8 Å². The highest BCUT2D eigenvalue weighted by Crippen LogP contribution is 2.42. The SMILES string of the molecule is CCCCCC(/C=C/[C@@H]1[C@@H](C/C=C\CCC(C)=O)[C@@H](OC2CCCCO2)C[C@H]1OC1CCCCO1)O[C@H]1CCCCO1. The van der Waals surface area contributed by atoms with Gasteiger partial charge in [0.05, 0.1) is 18.3 Å². The molecule has 3 aliphatic heterocycles. The van der Waals surface area contributed by atoms with E-state index in [4.69, 9.17) is 28.4 Å². The Balaban J connectivity index is 1.52. The summed E-state index contributed by atoms with van der Waals surface area (Å²) in [4.78, 5) is 11.5. The Labute approximate surface area is 255 Å². The van der Waals surface area contributed by atoms with Crippen molar-refractivity contribution in [2.24, 2.45) is 11.8 Å². The van der Waals surface area contributed by atoms with Crippen molar-refractivity contribution in [1.29, 1.82) is 0 Å². The lowest BCUT2D eigenvalue weighted by molar-refractivity contribution is -0.203. The number of ketones is 1. The predicted molar refractivity (Wildman–Crippen MR) is 164 cm³/mol. The van der Waals surface area contributed by atoms with Crippen LogP contribution in [0, 0.1) is 11.8 Å². The number of hydrogen-bond donors (Lipinski definition) is 0. The first-order valence-corrected chi connectivity index (χ1v) is 17.3. The Morgan fingerprint density at radius 2 is 1.48 bits per heavy atom. The minimum absolute atomic E-state index is 0.00998. The Bertz CT molecular complexity index is 795. The van der Waals surface area contributed by atoms with Crippen molar-refractivity contribution in [3.63, 3.8) is 0 Å². The van der Waals surface area contributed by atoms with E-state index in [9.17, 15) is 4.79 Å². The molecular weight excluding hydrogens is 532 g/mol. The Morgan fingerprint density at radius 3 is 2.07 bits per heavy atom. The summed E-state index contributed by atoms with van der Waals surface area (Å²) in [5.41, 5.74) is 0. The number of ether oxygens (including phenoxy) is 6. The first-order valence-electron chi connectivity index (χ1n) is 17.3. The summed E-state index contributed by atoms with van der Waals surface area (Å²) < 4.78 is 38.0. The van der Waals surface area contributed by atoms with Crippen LogP contribution in [-0.2, 0) is 33.2 Å². The fraction of sp³-hybridized carbons (Fsp3) is 0.857. The second-order valence-electron chi connectivity index (χ2n) is 12.7. The fourth-order valence-electron chi connectivity index (χ4n) is 6.72. The molecule has 0 spiro atoms. The van der Waals surface area contributed by atoms with E-state index < -0.39 is 0 Å². The van der Waals surface area contributed by atoms with Gasteiger partial charge in [0.2, 0.25) is 0 Å². The summed E-state index contributed by atoms with van der Waals surface area (Å²) in [6, 6.07) is 0. The average Bonchev–Trinajstić information content (AvgIpc) is 3.32. The van der Waals surface area contributed by atoms with Gasteiger partial charge in [0, 0.05) is 38.6 Å². The lowest BCUT2D eigenvalue weighted by Gasteiger charge is -2.30. The number of Topliss-reactive ketones (excluding diaryl/α,β-unsaturated/α-hetero) is 1. The average molecular weight is 591 g/mol. The van der Waals surface area contributed by atoms with E-state index in [2.05, 4.69) is 31.2 Å². The largest absolute Gasteiger partial charge is 0.353 e. The third kappa shape index (κ3) is 11.8. The zero-order chi connectivity index (χ0) is 29.4. The van der Waals surface area contributed by atoms with Crippen LogP contribution in [0.1, 0.15) is 123 Å². The highest BCUT2D eigenvalue weighted by Gasteiger charge is 2.45. The van der Waals surface area contributed by atoms with Gasteiger partial charge >= 0.3 is 0 Å². The van der Waals surface area contributed by atoms with Gasteiger partial charge in [0.15, 0.2) is 18.9 Å². The van der Waals surface area contributed by atoms with Crippen molar-refractivity contribution in [3.05, 3.63) is 24.3 Å². The van der Waals surface area contributed by atoms with Gasteiger partial charge in [-0.1, -0.05) is 50.5 Å². The van der Waals surface area contributed by atoms with Crippen LogP contribution < -0.4 is 0 Å².